The van der Waals surface area contributed by atoms with Crippen LogP contribution in [-0.2, 0) is 11.3 Å². The van der Waals surface area contributed by atoms with Crippen LogP contribution in [0.2, 0.25) is 0 Å². The molecule has 2 heterocycles. The molecule has 27 heavy (non-hydrogen) atoms. The van der Waals surface area contributed by atoms with Crippen LogP contribution >= 0.6 is 11.3 Å². The van der Waals surface area contributed by atoms with Gasteiger partial charge in [-0.2, -0.15) is 0 Å². The lowest BCUT2D eigenvalue weighted by Crippen LogP contribution is -2.25. The number of nitrogens with zero attached hydrogens (tertiary/aromatic N) is 2. The highest BCUT2D eigenvalue weighted by Gasteiger charge is 2.22. The molecule has 4 rings (SSSR count). The minimum Gasteiger partial charge on any atom is -0.454 e. The molecule has 3 N–H and O–H groups in total. The SMILES string of the molecule is Nc1nnc(CNC(=O)C[C@@H](c2ccccc2)c2ccc3c(c2)OCO3)s1. The molecule has 0 saturated carbocycles. The maximum atomic E-state index is 12.6. The maximum absolute atomic E-state index is 12.6. The summed E-state index contributed by atoms with van der Waals surface area (Å²) >= 11 is 1.27. The quantitative estimate of drug-likeness (QED) is 0.680. The third-order valence-electron chi connectivity index (χ3n) is 4.31. The number of nitrogens with two attached hydrogens (primary N) is 1. The minimum atomic E-state index is -0.0970. The van der Waals surface area contributed by atoms with Gasteiger partial charge < -0.3 is 20.5 Å². The lowest BCUT2D eigenvalue weighted by atomic mass is 9.88. The topological polar surface area (TPSA) is 99.4 Å². The summed E-state index contributed by atoms with van der Waals surface area (Å²) in [6.07, 6.45) is 0.304. The second kappa shape index (κ2) is 7.63. The van der Waals surface area contributed by atoms with E-state index in [2.05, 4.69) is 15.5 Å². The van der Waals surface area contributed by atoms with Gasteiger partial charge in [-0.1, -0.05) is 47.7 Å². The molecule has 0 bridgehead atoms. The van der Waals surface area contributed by atoms with Gasteiger partial charge in [-0.15, -0.1) is 10.2 Å². The number of carbonyl (C=O) groups excluding carboxylic acids is 1. The Labute approximate surface area is 160 Å². The second-order valence-corrected chi connectivity index (χ2v) is 7.18. The van der Waals surface area contributed by atoms with E-state index in [-0.39, 0.29) is 18.6 Å². The normalized spacial score (nSPS) is 13.3. The summed E-state index contributed by atoms with van der Waals surface area (Å²) in [5.74, 6) is 1.26. The molecule has 1 atom stereocenters. The van der Waals surface area contributed by atoms with Crippen LogP contribution in [0.3, 0.4) is 0 Å². The fraction of sp³-hybridized carbons (Fsp3) is 0.211. The van der Waals surface area contributed by atoms with Crippen LogP contribution in [0.1, 0.15) is 28.5 Å². The van der Waals surface area contributed by atoms with Crippen molar-refractivity contribution in [1.82, 2.24) is 15.5 Å². The number of nitrogen functional groups attached to an aromatic ring is 1. The van der Waals surface area contributed by atoms with Crippen LogP contribution in [-0.4, -0.2) is 22.9 Å². The van der Waals surface area contributed by atoms with Gasteiger partial charge in [0.15, 0.2) is 11.5 Å². The van der Waals surface area contributed by atoms with Crippen molar-refractivity contribution in [3.8, 4) is 11.5 Å². The smallest absolute Gasteiger partial charge is 0.231 e. The standard InChI is InChI=1S/C19H18N4O3S/c20-19-23-22-18(27-19)10-21-17(24)9-14(12-4-2-1-3-5-12)13-6-7-15-16(8-13)26-11-25-15/h1-8,14H,9-11H2,(H2,20,23)(H,21,24)/t14-/m0/s1. The number of fused-ring (bicyclic) bond motifs is 1. The number of rotatable bonds is 6. The van der Waals surface area contributed by atoms with Gasteiger partial charge in [0.2, 0.25) is 17.8 Å². The number of benzene rings is 2. The fourth-order valence-corrected chi connectivity index (χ4v) is 3.56. The van der Waals surface area contributed by atoms with E-state index in [0.29, 0.717) is 28.9 Å². The van der Waals surface area contributed by atoms with Crippen LogP contribution in [0, 0.1) is 0 Å². The van der Waals surface area contributed by atoms with Gasteiger partial charge in [0.25, 0.3) is 0 Å². The Kier molecular flexibility index (Phi) is 4.88. The van der Waals surface area contributed by atoms with Gasteiger partial charge in [-0.3, -0.25) is 4.79 Å². The van der Waals surface area contributed by atoms with Crippen molar-refractivity contribution in [2.45, 2.75) is 18.9 Å². The predicted molar refractivity (Wildman–Crippen MR) is 102 cm³/mol. The molecule has 1 amide bonds. The Morgan fingerprint density at radius 1 is 1.11 bits per heavy atom. The Morgan fingerprint density at radius 3 is 2.70 bits per heavy atom. The monoisotopic (exact) mass is 382 g/mol. The van der Waals surface area contributed by atoms with E-state index in [0.717, 1.165) is 16.9 Å². The van der Waals surface area contributed by atoms with Gasteiger partial charge >= 0.3 is 0 Å². The van der Waals surface area contributed by atoms with E-state index in [1.165, 1.54) is 11.3 Å². The van der Waals surface area contributed by atoms with Crippen molar-refractivity contribution in [2.24, 2.45) is 0 Å². The molecule has 0 saturated heterocycles. The zero-order valence-corrected chi connectivity index (χ0v) is 15.2. The predicted octanol–water partition coefficient (Wildman–Crippen LogP) is 2.69. The summed E-state index contributed by atoms with van der Waals surface area (Å²) in [7, 11) is 0. The molecule has 0 spiro atoms. The van der Waals surface area contributed by atoms with Crippen LogP contribution in [0.25, 0.3) is 0 Å². The first kappa shape index (κ1) is 17.3. The highest BCUT2D eigenvalue weighted by atomic mass is 32.1. The van der Waals surface area contributed by atoms with Crippen molar-refractivity contribution >= 4 is 22.4 Å². The Balaban J connectivity index is 1.52. The number of anilines is 1. The first-order chi connectivity index (χ1) is 13.2. The van der Waals surface area contributed by atoms with Crippen LogP contribution in [0.5, 0.6) is 11.5 Å². The molecule has 138 valence electrons. The first-order valence-corrected chi connectivity index (χ1v) is 9.30. The van der Waals surface area contributed by atoms with Crippen molar-refractivity contribution in [1.29, 1.82) is 0 Å². The van der Waals surface area contributed by atoms with Crippen molar-refractivity contribution < 1.29 is 14.3 Å². The summed E-state index contributed by atoms with van der Waals surface area (Å²) in [5.41, 5.74) is 7.63. The molecule has 8 heteroatoms. The summed E-state index contributed by atoms with van der Waals surface area (Å²) in [6, 6.07) is 15.7. The lowest BCUT2D eigenvalue weighted by Gasteiger charge is -2.18. The van der Waals surface area contributed by atoms with E-state index in [4.69, 9.17) is 15.2 Å². The zero-order chi connectivity index (χ0) is 18.6. The van der Waals surface area contributed by atoms with E-state index in [9.17, 15) is 4.79 Å². The molecule has 7 nitrogen and oxygen atoms in total. The third-order valence-corrected chi connectivity index (χ3v) is 5.06. The third kappa shape index (κ3) is 4.01. The molecule has 2 aromatic carbocycles. The molecule has 0 unspecified atom stereocenters. The average Bonchev–Trinajstić information content (AvgIpc) is 3.33. The number of ether oxygens (including phenoxy) is 2. The second-order valence-electron chi connectivity index (χ2n) is 6.09. The van der Waals surface area contributed by atoms with Crippen molar-refractivity contribution in [3.05, 3.63) is 64.7 Å². The Bertz CT molecular complexity index is 945. The molecule has 0 aliphatic carbocycles. The number of nitrogens with one attached hydrogen (secondary N) is 1. The van der Waals surface area contributed by atoms with Gasteiger partial charge in [-0.05, 0) is 23.3 Å². The van der Waals surface area contributed by atoms with E-state index >= 15 is 0 Å². The molecule has 1 aromatic heterocycles. The molecular formula is C19H18N4O3S. The highest BCUT2D eigenvalue weighted by molar-refractivity contribution is 7.15. The van der Waals surface area contributed by atoms with E-state index in [1.54, 1.807) is 0 Å². The van der Waals surface area contributed by atoms with E-state index in [1.807, 2.05) is 48.5 Å². The van der Waals surface area contributed by atoms with Crippen molar-refractivity contribution in [2.75, 3.05) is 12.5 Å². The summed E-state index contributed by atoms with van der Waals surface area (Å²) in [5, 5.41) is 11.6. The minimum absolute atomic E-state index is 0.0738. The fourth-order valence-electron chi connectivity index (χ4n) is 3.01. The molecule has 1 aliphatic rings. The summed E-state index contributed by atoms with van der Waals surface area (Å²) in [4.78, 5) is 12.6. The van der Waals surface area contributed by atoms with Gasteiger partial charge in [-0.25, -0.2) is 0 Å². The molecule has 3 aromatic rings. The molecule has 0 fully saturated rings. The van der Waals surface area contributed by atoms with Crippen LogP contribution < -0.4 is 20.5 Å². The first-order valence-electron chi connectivity index (χ1n) is 8.48. The lowest BCUT2D eigenvalue weighted by molar-refractivity contribution is -0.121. The summed E-state index contributed by atoms with van der Waals surface area (Å²) < 4.78 is 10.9. The zero-order valence-electron chi connectivity index (χ0n) is 14.4. The highest BCUT2D eigenvalue weighted by Crippen LogP contribution is 2.37. The Morgan fingerprint density at radius 2 is 1.93 bits per heavy atom. The molecule has 0 radical (unpaired) electrons. The molecular weight excluding hydrogens is 364 g/mol. The number of hydrogen-bond donors (Lipinski definition) is 2. The average molecular weight is 382 g/mol. The summed E-state index contributed by atoms with van der Waals surface area (Å²) in [6.45, 7) is 0.538. The largest absolute Gasteiger partial charge is 0.454 e. The van der Waals surface area contributed by atoms with Gasteiger partial charge in [0.05, 0.1) is 6.54 Å². The number of aromatic nitrogens is 2. The number of amides is 1. The molecule has 1 aliphatic heterocycles. The van der Waals surface area contributed by atoms with Crippen molar-refractivity contribution in [3.63, 3.8) is 0 Å². The van der Waals surface area contributed by atoms with Gasteiger partial charge in [0, 0.05) is 12.3 Å². The maximum Gasteiger partial charge on any atom is 0.231 e. The van der Waals surface area contributed by atoms with E-state index < -0.39 is 0 Å². The number of carbonyl (C=O) groups is 1. The van der Waals surface area contributed by atoms with Crippen LogP contribution in [0.4, 0.5) is 5.13 Å². The van der Waals surface area contributed by atoms with Gasteiger partial charge in [0.1, 0.15) is 5.01 Å². The Hall–Kier alpha value is -3.13. The van der Waals surface area contributed by atoms with Crippen LogP contribution in [0.15, 0.2) is 48.5 Å². The number of hydrogen-bond acceptors (Lipinski definition) is 7.